The number of aromatic nitrogens is 1. The average Bonchev–Trinajstić information content (AvgIpc) is 3.07. The summed E-state index contributed by atoms with van der Waals surface area (Å²) < 4.78 is 5.37. The minimum absolute atomic E-state index is 0.177. The van der Waals surface area contributed by atoms with Crippen molar-refractivity contribution in [3.8, 4) is 0 Å². The van der Waals surface area contributed by atoms with Gasteiger partial charge >= 0.3 is 0 Å². The molecule has 120 valence electrons. The van der Waals surface area contributed by atoms with Crippen LogP contribution < -0.4 is 10.2 Å². The van der Waals surface area contributed by atoms with Gasteiger partial charge in [0.05, 0.1) is 13.2 Å². The predicted molar refractivity (Wildman–Crippen MR) is 85.7 cm³/mol. The maximum atomic E-state index is 12.0. The van der Waals surface area contributed by atoms with Gasteiger partial charge in [-0.3, -0.25) is 4.79 Å². The van der Waals surface area contributed by atoms with Crippen LogP contribution >= 0.6 is 0 Å². The van der Waals surface area contributed by atoms with E-state index in [4.69, 9.17) is 4.74 Å². The van der Waals surface area contributed by atoms with E-state index in [0.29, 0.717) is 18.9 Å². The highest BCUT2D eigenvalue weighted by molar-refractivity contribution is 5.76. The highest BCUT2D eigenvalue weighted by Gasteiger charge is 2.18. The first-order valence-corrected chi connectivity index (χ1v) is 8.35. The van der Waals surface area contributed by atoms with E-state index in [1.165, 1.54) is 25.7 Å². The van der Waals surface area contributed by atoms with E-state index in [0.717, 1.165) is 37.7 Å². The lowest BCUT2D eigenvalue weighted by Crippen LogP contribution is -2.36. The van der Waals surface area contributed by atoms with E-state index >= 15 is 0 Å². The molecule has 1 saturated heterocycles. The number of amides is 1. The third-order valence-electron chi connectivity index (χ3n) is 4.58. The summed E-state index contributed by atoms with van der Waals surface area (Å²) >= 11 is 0. The lowest BCUT2D eigenvalue weighted by molar-refractivity contribution is -0.122. The van der Waals surface area contributed by atoms with E-state index in [1.54, 1.807) is 0 Å². The lowest BCUT2D eigenvalue weighted by atomic mass is 10.0. The van der Waals surface area contributed by atoms with Gasteiger partial charge in [0.1, 0.15) is 5.82 Å². The molecule has 0 spiro atoms. The first-order chi connectivity index (χ1) is 10.8. The van der Waals surface area contributed by atoms with Crippen LogP contribution in [0.1, 0.15) is 37.7 Å². The molecule has 5 nitrogen and oxygen atoms in total. The second-order valence-electron chi connectivity index (χ2n) is 6.25. The molecule has 0 unspecified atom stereocenters. The largest absolute Gasteiger partial charge is 0.378 e. The third-order valence-corrected chi connectivity index (χ3v) is 4.58. The normalized spacial score (nSPS) is 19.4. The number of hydrogen-bond acceptors (Lipinski definition) is 4. The zero-order valence-electron chi connectivity index (χ0n) is 13.1. The zero-order chi connectivity index (χ0) is 15.2. The average molecular weight is 303 g/mol. The zero-order valence-corrected chi connectivity index (χ0v) is 13.1. The van der Waals surface area contributed by atoms with E-state index in [-0.39, 0.29) is 5.91 Å². The first-order valence-electron chi connectivity index (χ1n) is 8.35. The van der Waals surface area contributed by atoms with Crippen LogP contribution in [0, 0.1) is 5.92 Å². The number of carbonyl (C=O) groups is 1. The molecule has 1 N–H and O–H groups in total. The molecule has 1 amide bonds. The number of anilines is 1. The van der Waals surface area contributed by atoms with Crippen molar-refractivity contribution in [1.82, 2.24) is 10.3 Å². The topological polar surface area (TPSA) is 54.5 Å². The summed E-state index contributed by atoms with van der Waals surface area (Å²) in [5, 5.41) is 3.05. The van der Waals surface area contributed by atoms with Crippen molar-refractivity contribution in [3.63, 3.8) is 0 Å². The molecular weight excluding hydrogens is 278 g/mol. The molecule has 22 heavy (non-hydrogen) atoms. The smallest absolute Gasteiger partial charge is 0.220 e. The van der Waals surface area contributed by atoms with Crippen LogP contribution in [-0.2, 0) is 16.1 Å². The molecule has 0 atom stereocenters. The van der Waals surface area contributed by atoms with Crippen molar-refractivity contribution in [3.05, 3.63) is 23.9 Å². The molecular formula is C17H25N3O2. The minimum atomic E-state index is 0.177. The van der Waals surface area contributed by atoms with Crippen LogP contribution in [0.25, 0.3) is 0 Å². The maximum Gasteiger partial charge on any atom is 0.220 e. The molecule has 2 aliphatic rings. The summed E-state index contributed by atoms with van der Waals surface area (Å²) in [6.45, 7) is 3.86. The van der Waals surface area contributed by atoms with E-state index in [9.17, 15) is 4.79 Å². The van der Waals surface area contributed by atoms with E-state index in [2.05, 4.69) is 21.3 Å². The number of nitrogens with zero attached hydrogens (tertiary/aromatic N) is 2. The second kappa shape index (κ2) is 7.58. The third kappa shape index (κ3) is 4.19. The van der Waals surface area contributed by atoms with Gasteiger partial charge in [0.15, 0.2) is 0 Å². The monoisotopic (exact) mass is 303 g/mol. The Balaban J connectivity index is 1.50. The Morgan fingerprint density at radius 2 is 2.09 bits per heavy atom. The molecule has 0 radical (unpaired) electrons. The maximum absolute atomic E-state index is 12.0. The molecule has 5 heteroatoms. The van der Waals surface area contributed by atoms with Gasteiger partial charge in [0.2, 0.25) is 5.91 Å². The van der Waals surface area contributed by atoms with Crippen molar-refractivity contribution < 1.29 is 9.53 Å². The Morgan fingerprint density at radius 1 is 1.32 bits per heavy atom. The van der Waals surface area contributed by atoms with Crippen molar-refractivity contribution in [2.75, 3.05) is 31.2 Å². The number of ether oxygens (including phenoxy) is 1. The van der Waals surface area contributed by atoms with Crippen molar-refractivity contribution in [2.45, 2.75) is 38.6 Å². The lowest BCUT2D eigenvalue weighted by Gasteiger charge is -2.28. The molecule has 1 saturated carbocycles. The Kier molecular flexibility index (Phi) is 5.27. The van der Waals surface area contributed by atoms with Gasteiger partial charge < -0.3 is 15.0 Å². The first kappa shape index (κ1) is 15.3. The van der Waals surface area contributed by atoms with E-state index < -0.39 is 0 Å². The number of pyridine rings is 1. The van der Waals surface area contributed by atoms with Gasteiger partial charge in [-0.25, -0.2) is 4.98 Å². The Hall–Kier alpha value is -1.62. The summed E-state index contributed by atoms with van der Waals surface area (Å²) in [7, 11) is 0. The van der Waals surface area contributed by atoms with Crippen LogP contribution in [0.4, 0.5) is 5.82 Å². The van der Waals surface area contributed by atoms with Crippen molar-refractivity contribution >= 4 is 11.7 Å². The molecule has 2 fully saturated rings. The van der Waals surface area contributed by atoms with Crippen LogP contribution in [0.2, 0.25) is 0 Å². The van der Waals surface area contributed by atoms with Gasteiger partial charge in [0, 0.05) is 32.3 Å². The summed E-state index contributed by atoms with van der Waals surface area (Å²) in [6, 6.07) is 4.04. The molecule has 1 aromatic rings. The number of nitrogens with one attached hydrogen (secondary N) is 1. The molecule has 1 aliphatic carbocycles. The van der Waals surface area contributed by atoms with Crippen LogP contribution in [0.5, 0.6) is 0 Å². The number of hydrogen-bond donors (Lipinski definition) is 1. The fourth-order valence-electron chi connectivity index (χ4n) is 3.29. The molecule has 0 bridgehead atoms. The summed E-state index contributed by atoms with van der Waals surface area (Å²) in [5.74, 6) is 1.75. The molecule has 1 aliphatic heterocycles. The Morgan fingerprint density at radius 3 is 2.86 bits per heavy atom. The van der Waals surface area contributed by atoms with Gasteiger partial charge in [0.25, 0.3) is 0 Å². The van der Waals surface area contributed by atoms with Crippen LogP contribution in [0.3, 0.4) is 0 Å². The van der Waals surface area contributed by atoms with Crippen molar-refractivity contribution in [2.24, 2.45) is 5.92 Å². The van der Waals surface area contributed by atoms with Crippen molar-refractivity contribution in [1.29, 1.82) is 0 Å². The fraction of sp³-hybridized carbons (Fsp3) is 0.647. The standard InChI is InChI=1S/C17H25N3O2/c21-17(12-14-3-1-2-4-14)19-13-15-5-6-18-16(11-15)20-7-9-22-10-8-20/h5-6,11,14H,1-4,7-10,12-13H2,(H,19,21). The van der Waals surface area contributed by atoms with Gasteiger partial charge in [-0.05, 0) is 36.5 Å². The molecule has 0 aromatic carbocycles. The predicted octanol–water partition coefficient (Wildman–Crippen LogP) is 2.11. The quantitative estimate of drug-likeness (QED) is 0.905. The SMILES string of the molecule is O=C(CC1CCCC1)NCc1ccnc(N2CCOCC2)c1. The van der Waals surface area contributed by atoms with Crippen LogP contribution in [0.15, 0.2) is 18.3 Å². The Labute approximate surface area is 132 Å². The fourth-order valence-corrected chi connectivity index (χ4v) is 3.29. The van der Waals surface area contributed by atoms with Crippen LogP contribution in [-0.4, -0.2) is 37.2 Å². The van der Waals surface area contributed by atoms with Gasteiger partial charge in [-0.15, -0.1) is 0 Å². The summed E-state index contributed by atoms with van der Waals surface area (Å²) in [6.07, 6.45) is 7.49. The number of carbonyl (C=O) groups excluding carboxylic acids is 1. The molecule has 2 heterocycles. The molecule has 1 aromatic heterocycles. The van der Waals surface area contributed by atoms with Gasteiger partial charge in [-0.1, -0.05) is 12.8 Å². The summed E-state index contributed by atoms with van der Waals surface area (Å²) in [4.78, 5) is 18.7. The minimum Gasteiger partial charge on any atom is -0.378 e. The van der Waals surface area contributed by atoms with E-state index in [1.807, 2.05) is 12.3 Å². The second-order valence-corrected chi connectivity index (χ2v) is 6.25. The highest BCUT2D eigenvalue weighted by Crippen LogP contribution is 2.27. The van der Waals surface area contributed by atoms with Gasteiger partial charge in [-0.2, -0.15) is 0 Å². The molecule has 3 rings (SSSR count). The number of morpholine rings is 1. The Bertz CT molecular complexity index is 494. The summed E-state index contributed by atoms with van der Waals surface area (Å²) in [5.41, 5.74) is 1.11. The number of rotatable bonds is 5. The highest BCUT2D eigenvalue weighted by atomic mass is 16.5.